The van der Waals surface area contributed by atoms with Gasteiger partial charge in [-0.05, 0) is 36.4 Å². The van der Waals surface area contributed by atoms with Crippen LogP contribution in [0.15, 0.2) is 51.7 Å². The lowest BCUT2D eigenvalue weighted by atomic mass is 9.90. The Hall–Kier alpha value is -3.08. The maximum absolute atomic E-state index is 13.5. The van der Waals surface area contributed by atoms with E-state index in [1.807, 2.05) is 0 Å². The van der Waals surface area contributed by atoms with Crippen molar-refractivity contribution in [2.75, 3.05) is 0 Å². The molecule has 0 spiro atoms. The largest absolute Gasteiger partial charge is 0.422 e. The molecule has 22 heavy (non-hydrogen) atoms. The number of hydrogen-bond acceptors (Lipinski definition) is 4. The van der Waals surface area contributed by atoms with Gasteiger partial charge in [-0.25, -0.2) is 9.18 Å². The Morgan fingerprint density at radius 3 is 2.45 bits per heavy atom. The van der Waals surface area contributed by atoms with Crippen molar-refractivity contribution in [3.8, 4) is 0 Å². The number of benzene rings is 2. The van der Waals surface area contributed by atoms with Crippen LogP contribution in [0.1, 0.15) is 20.7 Å². The lowest BCUT2D eigenvalue weighted by molar-refractivity contribution is 0.0995. The topological polar surface area (TPSA) is 64.3 Å². The van der Waals surface area contributed by atoms with E-state index in [4.69, 9.17) is 4.42 Å². The van der Waals surface area contributed by atoms with Gasteiger partial charge < -0.3 is 4.42 Å². The summed E-state index contributed by atoms with van der Waals surface area (Å²) < 4.78 is 18.7. The molecule has 0 fully saturated rings. The van der Waals surface area contributed by atoms with E-state index in [0.29, 0.717) is 10.8 Å². The second-order valence-corrected chi connectivity index (χ2v) is 5.00. The van der Waals surface area contributed by atoms with Crippen molar-refractivity contribution < 1.29 is 18.4 Å². The number of allylic oxidation sites excluding steroid dienone is 2. The second-order valence-electron chi connectivity index (χ2n) is 5.00. The first-order valence-electron chi connectivity index (χ1n) is 6.52. The first-order valence-corrected chi connectivity index (χ1v) is 6.52. The number of ketones is 2. The number of carbonyl (C=O) groups excluding carboxylic acids is 2. The van der Waals surface area contributed by atoms with Gasteiger partial charge in [-0.2, -0.15) is 0 Å². The zero-order chi connectivity index (χ0) is 15.4. The quantitative estimate of drug-likeness (QED) is 0.472. The van der Waals surface area contributed by atoms with Crippen LogP contribution in [0.5, 0.6) is 0 Å². The highest BCUT2D eigenvalue weighted by Gasteiger charge is 2.24. The first kappa shape index (κ1) is 12.6. The molecule has 0 saturated carbocycles. The van der Waals surface area contributed by atoms with Crippen LogP contribution in [0.2, 0.25) is 0 Å². The van der Waals surface area contributed by atoms with Gasteiger partial charge in [-0.3, -0.25) is 9.59 Å². The van der Waals surface area contributed by atoms with Crippen LogP contribution in [0.4, 0.5) is 4.39 Å². The van der Waals surface area contributed by atoms with E-state index in [9.17, 15) is 18.8 Å². The van der Waals surface area contributed by atoms with E-state index in [1.165, 1.54) is 36.4 Å². The fourth-order valence-corrected chi connectivity index (χ4v) is 2.78. The van der Waals surface area contributed by atoms with Gasteiger partial charge in [0.2, 0.25) is 0 Å². The molecule has 0 saturated heterocycles. The average molecular weight is 294 g/mol. The summed E-state index contributed by atoms with van der Waals surface area (Å²) in [6.07, 6.45) is 2.29. The number of halogens is 1. The molecule has 1 aliphatic rings. The molecule has 106 valence electrons. The van der Waals surface area contributed by atoms with Gasteiger partial charge in [0.1, 0.15) is 11.4 Å². The molecule has 1 aliphatic carbocycles. The fourth-order valence-electron chi connectivity index (χ4n) is 2.78. The maximum Gasteiger partial charge on any atom is 0.344 e. The summed E-state index contributed by atoms with van der Waals surface area (Å²) in [6.45, 7) is 0. The van der Waals surface area contributed by atoms with E-state index in [0.717, 1.165) is 6.08 Å². The zero-order valence-corrected chi connectivity index (χ0v) is 11.1. The van der Waals surface area contributed by atoms with E-state index in [2.05, 4.69) is 0 Å². The molecule has 0 N–H and O–H groups in total. The minimum absolute atomic E-state index is 0.0123. The third-order valence-corrected chi connectivity index (χ3v) is 3.74. The SMILES string of the molecule is O=C1C=CC(=O)c2c1ccc1c2c(=O)oc2ccc(F)cc21. The summed E-state index contributed by atoms with van der Waals surface area (Å²) >= 11 is 0. The molecule has 4 rings (SSSR count). The third kappa shape index (κ3) is 1.59. The molecule has 0 radical (unpaired) electrons. The molecule has 1 aromatic heterocycles. The van der Waals surface area contributed by atoms with Crippen molar-refractivity contribution in [2.45, 2.75) is 0 Å². The Balaban J connectivity index is 2.29. The van der Waals surface area contributed by atoms with E-state index >= 15 is 0 Å². The van der Waals surface area contributed by atoms with E-state index < -0.39 is 17.2 Å². The third-order valence-electron chi connectivity index (χ3n) is 3.74. The van der Waals surface area contributed by atoms with Gasteiger partial charge in [0.25, 0.3) is 0 Å². The number of hydrogen-bond donors (Lipinski definition) is 0. The summed E-state index contributed by atoms with van der Waals surface area (Å²) in [4.78, 5) is 36.2. The molecular formula is C17H7FO4. The molecule has 0 bridgehead atoms. The highest BCUT2D eigenvalue weighted by molar-refractivity contribution is 6.28. The van der Waals surface area contributed by atoms with Crippen LogP contribution < -0.4 is 5.63 Å². The number of fused-ring (bicyclic) bond motifs is 5. The molecule has 5 heteroatoms. The van der Waals surface area contributed by atoms with Crippen molar-refractivity contribution in [1.82, 2.24) is 0 Å². The van der Waals surface area contributed by atoms with Crippen LogP contribution >= 0.6 is 0 Å². The highest BCUT2D eigenvalue weighted by Crippen LogP contribution is 2.29. The Labute approximate surface area is 122 Å². The van der Waals surface area contributed by atoms with Crippen LogP contribution in [-0.4, -0.2) is 11.6 Å². The van der Waals surface area contributed by atoms with Gasteiger partial charge >= 0.3 is 5.63 Å². The highest BCUT2D eigenvalue weighted by atomic mass is 19.1. The Morgan fingerprint density at radius 1 is 0.864 bits per heavy atom. The summed E-state index contributed by atoms with van der Waals surface area (Å²) in [5, 5.41) is 0.784. The van der Waals surface area contributed by atoms with Crippen LogP contribution in [0.25, 0.3) is 21.7 Å². The monoisotopic (exact) mass is 294 g/mol. The van der Waals surface area contributed by atoms with Gasteiger partial charge in [0.15, 0.2) is 11.6 Å². The predicted octanol–water partition coefficient (Wildman–Crippen LogP) is 3.02. The van der Waals surface area contributed by atoms with Crippen molar-refractivity contribution >= 4 is 33.3 Å². The van der Waals surface area contributed by atoms with Crippen molar-refractivity contribution in [3.63, 3.8) is 0 Å². The van der Waals surface area contributed by atoms with Crippen LogP contribution in [-0.2, 0) is 0 Å². The standard InChI is InChI=1S/C17H7FO4/c18-8-1-6-14-11(7-8)9-2-3-10-12(19)4-5-13(20)15(10)16(9)17(21)22-14/h1-7H. The molecule has 0 aliphatic heterocycles. The number of carbonyl (C=O) groups is 2. The molecule has 2 aromatic carbocycles. The molecule has 0 atom stereocenters. The summed E-state index contributed by atoms with van der Waals surface area (Å²) in [5.74, 6) is -1.28. The lowest BCUT2D eigenvalue weighted by Crippen LogP contribution is -2.16. The van der Waals surface area contributed by atoms with Crippen LogP contribution in [0, 0.1) is 5.82 Å². The molecule has 0 unspecified atom stereocenters. The summed E-state index contributed by atoms with van der Waals surface area (Å²) in [7, 11) is 0. The summed E-state index contributed by atoms with van der Waals surface area (Å²) in [5.41, 5.74) is -0.320. The van der Waals surface area contributed by atoms with Crippen molar-refractivity contribution in [3.05, 3.63) is 69.8 Å². The van der Waals surface area contributed by atoms with Gasteiger partial charge in [-0.1, -0.05) is 6.07 Å². The molecule has 0 amide bonds. The Kier molecular flexibility index (Phi) is 2.42. The zero-order valence-electron chi connectivity index (χ0n) is 11.1. The fraction of sp³-hybridized carbons (Fsp3) is 0. The number of rotatable bonds is 0. The minimum Gasteiger partial charge on any atom is -0.422 e. The smallest absolute Gasteiger partial charge is 0.344 e. The normalized spacial score (nSPS) is 13.9. The maximum atomic E-state index is 13.5. The van der Waals surface area contributed by atoms with Crippen LogP contribution in [0.3, 0.4) is 0 Å². The molecule has 4 nitrogen and oxygen atoms in total. The van der Waals surface area contributed by atoms with E-state index in [-0.39, 0.29) is 27.9 Å². The van der Waals surface area contributed by atoms with Crippen molar-refractivity contribution in [1.29, 1.82) is 0 Å². The Morgan fingerprint density at radius 2 is 1.64 bits per heavy atom. The molecule has 3 aromatic rings. The lowest BCUT2D eigenvalue weighted by Gasteiger charge is -2.12. The first-order chi connectivity index (χ1) is 10.6. The minimum atomic E-state index is -0.720. The van der Waals surface area contributed by atoms with Gasteiger partial charge in [0.05, 0.1) is 5.39 Å². The van der Waals surface area contributed by atoms with Crippen molar-refractivity contribution in [2.24, 2.45) is 0 Å². The second kappa shape index (κ2) is 4.21. The molecular weight excluding hydrogens is 287 g/mol. The predicted molar refractivity (Wildman–Crippen MR) is 77.7 cm³/mol. The Bertz CT molecular complexity index is 1090. The van der Waals surface area contributed by atoms with E-state index in [1.54, 1.807) is 0 Å². The van der Waals surface area contributed by atoms with Gasteiger partial charge in [0, 0.05) is 21.9 Å². The average Bonchev–Trinajstić information content (AvgIpc) is 2.51. The molecule has 1 heterocycles. The summed E-state index contributed by atoms with van der Waals surface area (Å²) in [6, 6.07) is 6.80. The van der Waals surface area contributed by atoms with Gasteiger partial charge in [-0.15, -0.1) is 0 Å².